The van der Waals surface area contributed by atoms with Crippen molar-refractivity contribution in [1.82, 2.24) is 19.8 Å². The van der Waals surface area contributed by atoms with Crippen LogP contribution in [0.25, 0.3) is 11.1 Å². The average Bonchev–Trinajstić information content (AvgIpc) is 3.33. The van der Waals surface area contributed by atoms with Crippen LogP contribution in [0.1, 0.15) is 38.9 Å². The molecule has 0 amide bonds. The molecule has 1 saturated heterocycles. The van der Waals surface area contributed by atoms with Gasteiger partial charge in [-0.3, -0.25) is 0 Å². The van der Waals surface area contributed by atoms with Crippen LogP contribution < -0.4 is 10.5 Å². The minimum Gasteiger partial charge on any atom is -0.457 e. The first-order valence-electron chi connectivity index (χ1n) is 12.5. The van der Waals surface area contributed by atoms with E-state index in [0.717, 1.165) is 43.9 Å². The normalized spacial score (nSPS) is 20.9. The van der Waals surface area contributed by atoms with Gasteiger partial charge in [-0.05, 0) is 43.5 Å². The van der Waals surface area contributed by atoms with Crippen molar-refractivity contribution in [1.29, 1.82) is 0 Å². The zero-order valence-corrected chi connectivity index (χ0v) is 21.1. The molecule has 1 fully saturated rings. The number of piperazine rings is 1. The fourth-order valence-corrected chi connectivity index (χ4v) is 5.06. The van der Waals surface area contributed by atoms with Gasteiger partial charge in [0.15, 0.2) is 0 Å². The summed E-state index contributed by atoms with van der Waals surface area (Å²) in [4.78, 5) is 14.6. The highest BCUT2D eigenvalue weighted by Crippen LogP contribution is 2.38. The number of nitrogens with zero attached hydrogens (tertiary/aromatic N) is 4. The molecule has 184 valence electrons. The van der Waals surface area contributed by atoms with E-state index in [0.29, 0.717) is 34.7 Å². The molecule has 0 radical (unpaired) electrons. The first-order chi connectivity index (χ1) is 16.9. The summed E-state index contributed by atoms with van der Waals surface area (Å²) in [5, 5.41) is 0. The summed E-state index contributed by atoms with van der Waals surface area (Å²) in [6.07, 6.45) is 7.35. The van der Waals surface area contributed by atoms with Gasteiger partial charge >= 0.3 is 0 Å². The molecule has 35 heavy (non-hydrogen) atoms. The first-order valence-corrected chi connectivity index (χ1v) is 12.5. The minimum atomic E-state index is 0.120. The molecule has 2 N–H and O–H groups in total. The summed E-state index contributed by atoms with van der Waals surface area (Å²) in [5.74, 6) is 2.73. The van der Waals surface area contributed by atoms with Crippen molar-refractivity contribution < 1.29 is 9.15 Å². The zero-order chi connectivity index (χ0) is 24.5. The summed E-state index contributed by atoms with van der Waals surface area (Å²) in [6.45, 7) is 11.3. The standard InChI is InChI=1S/C28H35N5O2/c1-18-16-21(8-9-25(18)33-13-11-32(4)12-14-33)19(2)20(3)27-30-24-10-15-34-26(24)28(31-27)35-23-7-5-6-22(29)17-23/h5-10,15,17-20H,11-14,16,29H2,1-4H3. The van der Waals surface area contributed by atoms with Gasteiger partial charge in [0.2, 0.25) is 5.58 Å². The van der Waals surface area contributed by atoms with Gasteiger partial charge in [-0.25, -0.2) is 4.98 Å². The molecule has 3 unspecified atom stereocenters. The summed E-state index contributed by atoms with van der Waals surface area (Å²) < 4.78 is 11.7. The van der Waals surface area contributed by atoms with Crippen molar-refractivity contribution >= 4 is 16.8 Å². The second kappa shape index (κ2) is 9.74. The number of rotatable bonds is 6. The van der Waals surface area contributed by atoms with Crippen LogP contribution in [-0.4, -0.2) is 53.0 Å². The predicted molar refractivity (Wildman–Crippen MR) is 139 cm³/mol. The first kappa shape index (κ1) is 23.4. The lowest BCUT2D eigenvalue weighted by Gasteiger charge is -2.39. The van der Waals surface area contributed by atoms with Crippen molar-refractivity contribution in [2.45, 2.75) is 33.1 Å². The Morgan fingerprint density at radius 1 is 1.06 bits per heavy atom. The van der Waals surface area contributed by atoms with E-state index in [1.165, 1.54) is 11.3 Å². The Morgan fingerprint density at radius 3 is 2.60 bits per heavy atom. The Hall–Kier alpha value is -3.32. The lowest BCUT2D eigenvalue weighted by atomic mass is 9.80. The highest BCUT2D eigenvalue weighted by Gasteiger charge is 2.28. The number of hydrogen-bond acceptors (Lipinski definition) is 7. The number of aromatic nitrogens is 2. The number of nitrogen functional groups attached to an aromatic ring is 1. The summed E-state index contributed by atoms with van der Waals surface area (Å²) in [7, 11) is 2.20. The van der Waals surface area contributed by atoms with E-state index in [-0.39, 0.29) is 5.92 Å². The van der Waals surface area contributed by atoms with Gasteiger partial charge in [0.1, 0.15) is 17.1 Å². The van der Waals surface area contributed by atoms with Crippen LogP contribution in [0.3, 0.4) is 0 Å². The number of hydrogen-bond donors (Lipinski definition) is 1. The molecule has 5 rings (SSSR count). The van der Waals surface area contributed by atoms with Crippen molar-refractivity contribution in [2.75, 3.05) is 39.0 Å². The van der Waals surface area contributed by atoms with E-state index < -0.39 is 0 Å². The maximum absolute atomic E-state index is 6.09. The third-order valence-electron chi connectivity index (χ3n) is 7.49. The summed E-state index contributed by atoms with van der Waals surface area (Å²) >= 11 is 0. The SMILES string of the molecule is CC1CC(C(C)C(C)c2nc(Oc3cccc(N)c3)c3occc3n2)=CC=C1N1CCN(C)CC1. The molecule has 0 bridgehead atoms. The number of anilines is 1. The zero-order valence-electron chi connectivity index (χ0n) is 21.1. The number of fused-ring (bicyclic) bond motifs is 1. The molecular weight excluding hydrogens is 438 g/mol. The molecule has 0 spiro atoms. The molecule has 3 aromatic rings. The number of nitrogens with two attached hydrogens (primary N) is 1. The largest absolute Gasteiger partial charge is 0.457 e. The van der Waals surface area contributed by atoms with Gasteiger partial charge in [0.25, 0.3) is 5.88 Å². The van der Waals surface area contributed by atoms with Gasteiger partial charge in [-0.15, -0.1) is 0 Å². The van der Waals surface area contributed by atoms with E-state index >= 15 is 0 Å². The number of benzene rings is 1. The second-order valence-corrected chi connectivity index (χ2v) is 10.0. The lowest BCUT2D eigenvalue weighted by molar-refractivity contribution is 0.173. The van der Waals surface area contributed by atoms with Crippen molar-refractivity contribution in [3.63, 3.8) is 0 Å². The molecule has 2 aliphatic rings. The third kappa shape index (κ3) is 4.91. The molecule has 1 aliphatic carbocycles. The highest BCUT2D eigenvalue weighted by molar-refractivity contribution is 5.77. The van der Waals surface area contributed by atoms with Crippen LogP contribution in [0.4, 0.5) is 5.69 Å². The van der Waals surface area contributed by atoms with E-state index in [1.54, 1.807) is 12.3 Å². The molecule has 1 aliphatic heterocycles. The van der Waals surface area contributed by atoms with Crippen LogP contribution in [0.5, 0.6) is 11.6 Å². The van der Waals surface area contributed by atoms with Crippen LogP contribution in [0, 0.1) is 11.8 Å². The summed E-state index contributed by atoms with van der Waals surface area (Å²) in [5.41, 5.74) is 10.8. The molecule has 0 saturated carbocycles. The van der Waals surface area contributed by atoms with Gasteiger partial charge in [-0.1, -0.05) is 38.5 Å². The maximum Gasteiger partial charge on any atom is 0.267 e. The van der Waals surface area contributed by atoms with Gasteiger partial charge < -0.3 is 24.7 Å². The van der Waals surface area contributed by atoms with Crippen molar-refractivity contribution in [3.8, 4) is 11.6 Å². The Kier molecular flexibility index (Phi) is 6.52. The molecule has 3 atom stereocenters. The quantitative estimate of drug-likeness (QED) is 0.478. The number of allylic oxidation sites excluding steroid dienone is 4. The number of likely N-dealkylation sites (N-methyl/N-ethyl adjacent to an activating group) is 1. The highest BCUT2D eigenvalue weighted by atomic mass is 16.5. The fraction of sp³-hybridized carbons (Fsp3) is 0.429. The lowest BCUT2D eigenvalue weighted by Crippen LogP contribution is -2.45. The topological polar surface area (TPSA) is 80.6 Å². The van der Waals surface area contributed by atoms with E-state index in [4.69, 9.17) is 24.9 Å². The predicted octanol–water partition coefficient (Wildman–Crippen LogP) is 5.43. The average molecular weight is 474 g/mol. The molecule has 7 nitrogen and oxygen atoms in total. The van der Waals surface area contributed by atoms with E-state index in [9.17, 15) is 0 Å². The van der Waals surface area contributed by atoms with Crippen LogP contribution in [-0.2, 0) is 0 Å². The Morgan fingerprint density at radius 2 is 1.86 bits per heavy atom. The molecule has 1 aromatic carbocycles. The maximum atomic E-state index is 6.09. The van der Waals surface area contributed by atoms with Crippen LogP contribution >= 0.6 is 0 Å². The fourth-order valence-electron chi connectivity index (χ4n) is 5.06. The Balaban J connectivity index is 1.38. The third-order valence-corrected chi connectivity index (χ3v) is 7.49. The number of furan rings is 1. The van der Waals surface area contributed by atoms with Gasteiger partial charge in [-0.2, -0.15) is 4.98 Å². The minimum absolute atomic E-state index is 0.120. The Labute approximate surface area is 207 Å². The molecular formula is C28H35N5O2. The van der Waals surface area contributed by atoms with Gasteiger partial charge in [0.05, 0.1) is 6.26 Å². The summed E-state index contributed by atoms with van der Waals surface area (Å²) in [6, 6.07) is 9.18. The van der Waals surface area contributed by atoms with Gasteiger partial charge in [0, 0.05) is 55.6 Å². The smallest absolute Gasteiger partial charge is 0.267 e. The van der Waals surface area contributed by atoms with Crippen molar-refractivity contribution in [2.24, 2.45) is 11.8 Å². The van der Waals surface area contributed by atoms with Crippen LogP contribution in [0.15, 0.2) is 64.4 Å². The van der Waals surface area contributed by atoms with E-state index in [1.807, 2.05) is 24.3 Å². The molecule has 2 aromatic heterocycles. The molecule has 7 heteroatoms. The van der Waals surface area contributed by atoms with Crippen molar-refractivity contribution in [3.05, 3.63) is 65.8 Å². The number of ether oxygens (including phenoxy) is 1. The Bertz CT molecular complexity index is 1260. The van der Waals surface area contributed by atoms with E-state index in [2.05, 4.69) is 49.8 Å². The monoisotopic (exact) mass is 473 g/mol. The molecule has 3 heterocycles. The van der Waals surface area contributed by atoms with Crippen LogP contribution in [0.2, 0.25) is 0 Å². The second-order valence-electron chi connectivity index (χ2n) is 10.0.